The number of hydrogen-bond acceptors (Lipinski definition) is 3. The minimum Gasteiger partial charge on any atom is -0.393 e. The van der Waals surface area contributed by atoms with E-state index in [-0.39, 0.29) is 24.2 Å². The molecule has 2 rings (SSSR count). The van der Waals surface area contributed by atoms with Gasteiger partial charge >= 0.3 is 0 Å². The number of nitrogens with one attached hydrogen (secondary N) is 1. The molecule has 1 aliphatic heterocycles. The maximum Gasteiger partial charge on any atom is 0.227 e. The Bertz CT molecular complexity index is 557. The van der Waals surface area contributed by atoms with Crippen LogP contribution in [0.2, 0.25) is 0 Å². The number of nitrogens with zero attached hydrogens (tertiary/aromatic N) is 1. The van der Waals surface area contributed by atoms with Crippen molar-refractivity contribution in [2.24, 2.45) is 5.92 Å². The van der Waals surface area contributed by atoms with Gasteiger partial charge in [0.1, 0.15) is 0 Å². The third-order valence-corrected chi connectivity index (χ3v) is 4.29. The number of aliphatic hydroxyl groups is 1. The van der Waals surface area contributed by atoms with E-state index in [4.69, 9.17) is 0 Å². The fraction of sp³-hybridized carbons (Fsp3) is 0.556. The zero-order chi connectivity index (χ0) is 16.8. The summed E-state index contributed by atoms with van der Waals surface area (Å²) < 4.78 is 0. The van der Waals surface area contributed by atoms with Crippen molar-refractivity contribution < 1.29 is 14.7 Å². The highest BCUT2D eigenvalue weighted by Gasteiger charge is 2.23. The highest BCUT2D eigenvalue weighted by Crippen LogP contribution is 2.27. The van der Waals surface area contributed by atoms with Crippen molar-refractivity contribution in [1.29, 1.82) is 0 Å². The fourth-order valence-electron chi connectivity index (χ4n) is 2.74. The van der Waals surface area contributed by atoms with Crippen LogP contribution in [0, 0.1) is 5.92 Å². The molecule has 1 aromatic rings. The molecule has 5 nitrogen and oxygen atoms in total. The predicted molar refractivity (Wildman–Crippen MR) is 90.2 cm³/mol. The summed E-state index contributed by atoms with van der Waals surface area (Å²) in [6.45, 7) is 4.76. The minimum atomic E-state index is -0.397. The Kier molecular flexibility index (Phi) is 6.16. The summed E-state index contributed by atoms with van der Waals surface area (Å²) in [5.74, 6) is 0.179. The first-order valence-electron chi connectivity index (χ1n) is 8.32. The predicted octanol–water partition coefficient (Wildman–Crippen LogP) is 1.88. The number of benzene rings is 1. The van der Waals surface area contributed by atoms with Crippen LogP contribution in [-0.2, 0) is 16.0 Å². The largest absolute Gasteiger partial charge is 0.393 e. The minimum absolute atomic E-state index is 0.0757. The van der Waals surface area contributed by atoms with Gasteiger partial charge < -0.3 is 15.3 Å². The van der Waals surface area contributed by atoms with Crippen LogP contribution >= 0.6 is 0 Å². The Morgan fingerprint density at radius 2 is 2.04 bits per heavy atom. The van der Waals surface area contributed by atoms with E-state index in [1.165, 1.54) is 0 Å². The zero-order valence-corrected chi connectivity index (χ0v) is 13.9. The third kappa shape index (κ3) is 4.79. The first-order valence-corrected chi connectivity index (χ1v) is 8.32. The number of carbonyl (C=O) groups excluding carboxylic acids is 2. The standard InChI is InChI=1S/C18H26N2O3/c1-13(2)16(21)9-11-19-17(22)10-12-20-15-6-4-3-5-14(15)7-8-18(20)23/h3-6,13,16,21H,7-12H2,1-2H3,(H,19,22). The lowest BCUT2D eigenvalue weighted by atomic mass is 10.0. The van der Waals surface area contributed by atoms with Crippen LogP contribution in [0.1, 0.15) is 38.7 Å². The molecule has 1 aliphatic rings. The number of aliphatic hydroxyl groups excluding tert-OH is 1. The summed E-state index contributed by atoms with van der Waals surface area (Å²) in [6, 6.07) is 7.85. The van der Waals surface area contributed by atoms with Crippen molar-refractivity contribution >= 4 is 17.5 Å². The molecule has 2 amide bonds. The summed E-state index contributed by atoms with van der Waals surface area (Å²) >= 11 is 0. The van der Waals surface area contributed by atoms with Gasteiger partial charge in [-0.1, -0.05) is 32.0 Å². The van der Waals surface area contributed by atoms with Gasteiger partial charge in [-0.2, -0.15) is 0 Å². The average Bonchev–Trinajstić information content (AvgIpc) is 2.53. The molecular formula is C18H26N2O3. The van der Waals surface area contributed by atoms with Crippen LogP contribution in [-0.4, -0.2) is 36.1 Å². The Hall–Kier alpha value is -1.88. The van der Waals surface area contributed by atoms with Crippen LogP contribution in [0.15, 0.2) is 24.3 Å². The van der Waals surface area contributed by atoms with Crippen molar-refractivity contribution in [3.05, 3.63) is 29.8 Å². The average molecular weight is 318 g/mol. The van der Waals surface area contributed by atoms with Gasteiger partial charge in [0.05, 0.1) is 6.10 Å². The normalized spacial score (nSPS) is 15.5. The fourth-order valence-corrected chi connectivity index (χ4v) is 2.74. The lowest BCUT2D eigenvalue weighted by Crippen LogP contribution is -2.38. The molecule has 5 heteroatoms. The molecule has 0 saturated carbocycles. The van der Waals surface area contributed by atoms with Crippen LogP contribution in [0.4, 0.5) is 5.69 Å². The molecule has 0 radical (unpaired) electrons. The quantitative estimate of drug-likeness (QED) is 0.806. The first-order chi connectivity index (χ1) is 11.0. The smallest absolute Gasteiger partial charge is 0.227 e. The topological polar surface area (TPSA) is 69.6 Å². The number of amides is 2. The van der Waals surface area contributed by atoms with E-state index in [1.54, 1.807) is 4.90 Å². The number of rotatable bonds is 7. The van der Waals surface area contributed by atoms with Gasteiger partial charge in [-0.05, 0) is 30.4 Å². The van der Waals surface area contributed by atoms with Crippen LogP contribution in [0.3, 0.4) is 0 Å². The van der Waals surface area contributed by atoms with Crippen LogP contribution in [0.5, 0.6) is 0 Å². The molecule has 126 valence electrons. The number of para-hydroxylation sites is 1. The molecule has 0 aliphatic carbocycles. The van der Waals surface area contributed by atoms with Crippen molar-refractivity contribution in [1.82, 2.24) is 5.32 Å². The van der Waals surface area contributed by atoms with Gasteiger partial charge in [0.2, 0.25) is 11.8 Å². The van der Waals surface area contributed by atoms with Gasteiger partial charge in [0.15, 0.2) is 0 Å². The van der Waals surface area contributed by atoms with E-state index in [1.807, 2.05) is 38.1 Å². The summed E-state index contributed by atoms with van der Waals surface area (Å²) in [6.07, 6.45) is 1.70. The highest BCUT2D eigenvalue weighted by molar-refractivity contribution is 5.96. The highest BCUT2D eigenvalue weighted by atomic mass is 16.3. The second-order valence-electron chi connectivity index (χ2n) is 6.37. The molecule has 2 N–H and O–H groups in total. The molecule has 0 fully saturated rings. The molecule has 1 unspecified atom stereocenters. The van der Waals surface area contributed by atoms with E-state index in [0.29, 0.717) is 25.9 Å². The van der Waals surface area contributed by atoms with Gasteiger partial charge in [-0.15, -0.1) is 0 Å². The summed E-state index contributed by atoms with van der Waals surface area (Å²) in [5.41, 5.74) is 2.08. The van der Waals surface area contributed by atoms with Gasteiger partial charge in [0.25, 0.3) is 0 Å². The Morgan fingerprint density at radius 3 is 2.78 bits per heavy atom. The summed E-state index contributed by atoms with van der Waals surface area (Å²) in [7, 11) is 0. The van der Waals surface area contributed by atoms with Gasteiger partial charge in [-0.3, -0.25) is 9.59 Å². The molecule has 23 heavy (non-hydrogen) atoms. The van der Waals surface area contributed by atoms with Crippen molar-refractivity contribution in [2.75, 3.05) is 18.0 Å². The molecular weight excluding hydrogens is 292 g/mol. The number of fused-ring (bicyclic) bond motifs is 1. The number of anilines is 1. The third-order valence-electron chi connectivity index (χ3n) is 4.29. The van der Waals surface area contributed by atoms with E-state index < -0.39 is 6.10 Å². The Morgan fingerprint density at radius 1 is 1.30 bits per heavy atom. The molecule has 1 heterocycles. The second-order valence-corrected chi connectivity index (χ2v) is 6.37. The lowest BCUT2D eigenvalue weighted by molar-refractivity contribution is -0.121. The Labute approximate surface area is 137 Å². The Balaban J connectivity index is 1.81. The maximum absolute atomic E-state index is 12.1. The maximum atomic E-state index is 12.1. The van der Waals surface area contributed by atoms with E-state index in [2.05, 4.69) is 5.32 Å². The van der Waals surface area contributed by atoms with Crippen molar-refractivity contribution in [2.45, 2.75) is 45.6 Å². The number of carbonyl (C=O) groups is 2. The van der Waals surface area contributed by atoms with E-state index >= 15 is 0 Å². The summed E-state index contributed by atoms with van der Waals surface area (Å²) in [5, 5.41) is 12.5. The molecule has 0 saturated heterocycles. The van der Waals surface area contributed by atoms with Crippen LogP contribution in [0.25, 0.3) is 0 Å². The summed E-state index contributed by atoms with van der Waals surface area (Å²) in [4.78, 5) is 25.7. The molecule has 1 aromatic carbocycles. The van der Waals surface area contributed by atoms with Gasteiger partial charge in [-0.25, -0.2) is 0 Å². The lowest BCUT2D eigenvalue weighted by Gasteiger charge is -2.29. The van der Waals surface area contributed by atoms with Crippen molar-refractivity contribution in [3.63, 3.8) is 0 Å². The monoisotopic (exact) mass is 318 g/mol. The van der Waals surface area contributed by atoms with Crippen molar-refractivity contribution in [3.8, 4) is 0 Å². The SMILES string of the molecule is CC(C)C(O)CCNC(=O)CCN1C(=O)CCc2ccccc21. The number of hydrogen-bond donors (Lipinski definition) is 2. The first kappa shape index (κ1) is 17.5. The van der Waals surface area contributed by atoms with Crippen LogP contribution < -0.4 is 10.2 Å². The number of aryl methyl sites for hydroxylation is 1. The zero-order valence-electron chi connectivity index (χ0n) is 13.9. The molecule has 1 atom stereocenters. The van der Waals surface area contributed by atoms with E-state index in [9.17, 15) is 14.7 Å². The van der Waals surface area contributed by atoms with E-state index in [0.717, 1.165) is 17.7 Å². The van der Waals surface area contributed by atoms with Gasteiger partial charge in [0, 0.05) is 31.6 Å². The molecule has 0 bridgehead atoms. The molecule has 0 aromatic heterocycles. The second kappa shape index (κ2) is 8.11. The molecule has 0 spiro atoms.